The maximum Gasteiger partial charge on any atom is 0.116 e. The summed E-state index contributed by atoms with van der Waals surface area (Å²) in [6, 6.07) is 2.28. The predicted octanol–water partition coefficient (Wildman–Crippen LogP) is 2.36. The Balaban J connectivity index is 2.43. The van der Waals surface area contributed by atoms with E-state index in [1.165, 1.54) is 18.4 Å². The van der Waals surface area contributed by atoms with Crippen LogP contribution in [0.15, 0.2) is 6.33 Å². The van der Waals surface area contributed by atoms with E-state index in [1.54, 1.807) is 6.33 Å². The summed E-state index contributed by atoms with van der Waals surface area (Å²) in [5.41, 5.74) is 3.29. The van der Waals surface area contributed by atoms with Crippen molar-refractivity contribution in [3.05, 3.63) is 23.3 Å². The number of alkyl halides is 1. The number of halogens is 1. The van der Waals surface area contributed by atoms with Crippen molar-refractivity contribution in [2.24, 2.45) is 0 Å². The van der Waals surface area contributed by atoms with Crippen LogP contribution in [0.1, 0.15) is 35.7 Å². The zero-order valence-corrected chi connectivity index (χ0v) is 10.00. The average Bonchev–Trinajstić information content (AvgIpc) is 2.31. The Morgan fingerprint density at radius 2 is 2.20 bits per heavy atom. The van der Waals surface area contributed by atoms with E-state index in [2.05, 4.69) is 32.0 Å². The first-order chi connectivity index (χ1) is 7.36. The van der Waals surface area contributed by atoms with Crippen LogP contribution in [0.3, 0.4) is 0 Å². The standard InChI is InChI=1S/C11H12BrN3/c12-5-8(6-13)11-9-3-1-2-4-10(9)14-7-15-11/h7-8H,1-5H2. The van der Waals surface area contributed by atoms with Crippen LogP contribution in [-0.4, -0.2) is 15.3 Å². The van der Waals surface area contributed by atoms with Gasteiger partial charge in [0.05, 0.1) is 17.7 Å². The zero-order valence-electron chi connectivity index (χ0n) is 8.41. The van der Waals surface area contributed by atoms with Crippen molar-refractivity contribution in [1.29, 1.82) is 5.26 Å². The second kappa shape index (κ2) is 4.71. The summed E-state index contributed by atoms with van der Waals surface area (Å²) in [6.45, 7) is 0. The Morgan fingerprint density at radius 1 is 1.40 bits per heavy atom. The van der Waals surface area contributed by atoms with Gasteiger partial charge in [-0.2, -0.15) is 5.26 Å². The van der Waals surface area contributed by atoms with Gasteiger partial charge in [0.25, 0.3) is 0 Å². The molecule has 2 rings (SSSR count). The van der Waals surface area contributed by atoms with Gasteiger partial charge in [-0.3, -0.25) is 0 Å². The fourth-order valence-corrected chi connectivity index (χ4v) is 2.47. The first-order valence-corrected chi connectivity index (χ1v) is 6.27. The van der Waals surface area contributed by atoms with E-state index in [-0.39, 0.29) is 5.92 Å². The lowest BCUT2D eigenvalue weighted by molar-refractivity contribution is 0.648. The van der Waals surface area contributed by atoms with Gasteiger partial charge >= 0.3 is 0 Å². The number of hydrogen-bond acceptors (Lipinski definition) is 3. The molecule has 0 bridgehead atoms. The molecule has 0 radical (unpaired) electrons. The second-order valence-electron chi connectivity index (χ2n) is 3.73. The summed E-state index contributed by atoms with van der Waals surface area (Å²) in [7, 11) is 0. The third-order valence-corrected chi connectivity index (χ3v) is 3.45. The quantitative estimate of drug-likeness (QED) is 0.772. The van der Waals surface area contributed by atoms with Gasteiger partial charge in [-0.1, -0.05) is 15.9 Å². The molecule has 0 N–H and O–H groups in total. The highest BCUT2D eigenvalue weighted by atomic mass is 79.9. The van der Waals surface area contributed by atoms with Crippen LogP contribution >= 0.6 is 15.9 Å². The molecule has 1 heterocycles. The van der Waals surface area contributed by atoms with E-state index < -0.39 is 0 Å². The van der Waals surface area contributed by atoms with E-state index in [1.807, 2.05) is 0 Å². The minimum absolute atomic E-state index is 0.139. The van der Waals surface area contributed by atoms with Crippen LogP contribution in [-0.2, 0) is 12.8 Å². The number of fused-ring (bicyclic) bond motifs is 1. The maximum atomic E-state index is 9.04. The van der Waals surface area contributed by atoms with E-state index in [0.29, 0.717) is 5.33 Å². The lowest BCUT2D eigenvalue weighted by atomic mass is 9.91. The molecule has 0 saturated carbocycles. The van der Waals surface area contributed by atoms with Crippen molar-refractivity contribution in [3.8, 4) is 6.07 Å². The summed E-state index contributed by atoms with van der Waals surface area (Å²) in [5, 5.41) is 9.69. The first kappa shape index (κ1) is 10.6. The topological polar surface area (TPSA) is 49.6 Å². The van der Waals surface area contributed by atoms with Crippen LogP contribution < -0.4 is 0 Å². The van der Waals surface area contributed by atoms with Gasteiger partial charge in [-0.25, -0.2) is 9.97 Å². The molecule has 0 fully saturated rings. The van der Waals surface area contributed by atoms with Gasteiger partial charge < -0.3 is 0 Å². The molecule has 78 valence electrons. The molecular weight excluding hydrogens is 254 g/mol. The average molecular weight is 266 g/mol. The summed E-state index contributed by atoms with van der Waals surface area (Å²) in [6.07, 6.45) is 6.04. The van der Waals surface area contributed by atoms with Gasteiger partial charge in [-0.15, -0.1) is 0 Å². The third kappa shape index (κ3) is 2.03. The van der Waals surface area contributed by atoms with Crippen molar-refractivity contribution < 1.29 is 0 Å². The number of aromatic nitrogens is 2. The van der Waals surface area contributed by atoms with E-state index >= 15 is 0 Å². The van der Waals surface area contributed by atoms with Crippen molar-refractivity contribution in [3.63, 3.8) is 0 Å². The van der Waals surface area contributed by atoms with Crippen molar-refractivity contribution in [2.75, 3.05) is 5.33 Å². The predicted molar refractivity (Wildman–Crippen MR) is 60.8 cm³/mol. The highest BCUT2D eigenvalue weighted by molar-refractivity contribution is 9.09. The molecule has 0 saturated heterocycles. The molecule has 3 nitrogen and oxygen atoms in total. The van der Waals surface area contributed by atoms with Gasteiger partial charge in [0, 0.05) is 11.0 Å². The fourth-order valence-electron chi connectivity index (χ4n) is 2.02. The Kier molecular flexibility index (Phi) is 3.32. The van der Waals surface area contributed by atoms with Crippen LogP contribution in [0.2, 0.25) is 0 Å². The van der Waals surface area contributed by atoms with Crippen molar-refractivity contribution in [1.82, 2.24) is 9.97 Å². The molecule has 1 aromatic heterocycles. The third-order valence-electron chi connectivity index (χ3n) is 2.80. The smallest absolute Gasteiger partial charge is 0.116 e. The van der Waals surface area contributed by atoms with Gasteiger partial charge in [0.2, 0.25) is 0 Å². The second-order valence-corrected chi connectivity index (χ2v) is 4.37. The molecule has 1 aliphatic carbocycles. The number of nitrogens with zero attached hydrogens (tertiary/aromatic N) is 3. The number of rotatable bonds is 2. The van der Waals surface area contributed by atoms with Crippen molar-refractivity contribution >= 4 is 15.9 Å². The Hall–Kier alpha value is -0.950. The number of hydrogen-bond donors (Lipinski definition) is 0. The fraction of sp³-hybridized carbons (Fsp3) is 0.545. The largest absolute Gasteiger partial charge is 0.241 e. The summed E-state index contributed by atoms with van der Waals surface area (Å²) in [5.74, 6) is -0.139. The first-order valence-electron chi connectivity index (χ1n) is 5.15. The molecular formula is C11H12BrN3. The summed E-state index contributed by atoms with van der Waals surface area (Å²) in [4.78, 5) is 8.57. The highest BCUT2D eigenvalue weighted by Crippen LogP contribution is 2.26. The molecule has 0 aliphatic heterocycles. The minimum Gasteiger partial charge on any atom is -0.241 e. The number of aryl methyl sites for hydroxylation is 1. The monoisotopic (exact) mass is 265 g/mol. The van der Waals surface area contributed by atoms with Crippen LogP contribution in [0, 0.1) is 11.3 Å². The molecule has 1 aromatic rings. The van der Waals surface area contributed by atoms with Crippen LogP contribution in [0.5, 0.6) is 0 Å². The lowest BCUT2D eigenvalue weighted by Gasteiger charge is -2.18. The molecule has 1 atom stereocenters. The molecule has 0 spiro atoms. The van der Waals surface area contributed by atoms with Gasteiger partial charge in [0.1, 0.15) is 6.33 Å². The Bertz CT molecular complexity index is 397. The van der Waals surface area contributed by atoms with E-state index in [4.69, 9.17) is 5.26 Å². The van der Waals surface area contributed by atoms with Crippen LogP contribution in [0.4, 0.5) is 0 Å². The SMILES string of the molecule is N#CC(CBr)c1ncnc2c1CCCC2. The van der Waals surface area contributed by atoms with Gasteiger partial charge in [-0.05, 0) is 31.2 Å². The minimum atomic E-state index is -0.139. The Morgan fingerprint density at radius 3 is 2.93 bits per heavy atom. The maximum absolute atomic E-state index is 9.04. The summed E-state index contributed by atoms with van der Waals surface area (Å²) < 4.78 is 0. The molecule has 1 aliphatic rings. The summed E-state index contributed by atoms with van der Waals surface area (Å²) >= 11 is 3.36. The number of nitriles is 1. The molecule has 0 aromatic carbocycles. The molecule has 0 amide bonds. The van der Waals surface area contributed by atoms with Crippen molar-refractivity contribution in [2.45, 2.75) is 31.6 Å². The lowest BCUT2D eigenvalue weighted by Crippen LogP contribution is -2.13. The Labute approximate surface area is 97.7 Å². The molecule has 15 heavy (non-hydrogen) atoms. The normalized spacial score (nSPS) is 16.5. The van der Waals surface area contributed by atoms with E-state index in [0.717, 1.165) is 24.2 Å². The van der Waals surface area contributed by atoms with Crippen LogP contribution in [0.25, 0.3) is 0 Å². The van der Waals surface area contributed by atoms with E-state index in [9.17, 15) is 0 Å². The zero-order chi connectivity index (χ0) is 10.7. The molecule has 1 unspecified atom stereocenters. The molecule has 4 heteroatoms. The van der Waals surface area contributed by atoms with Gasteiger partial charge in [0.15, 0.2) is 0 Å². The highest BCUT2D eigenvalue weighted by Gasteiger charge is 2.20.